The predicted octanol–water partition coefficient (Wildman–Crippen LogP) is 2.08. The summed E-state index contributed by atoms with van der Waals surface area (Å²) in [4.78, 5) is 27.4. The van der Waals surface area contributed by atoms with Gasteiger partial charge in [0.05, 0.1) is 5.75 Å². The fraction of sp³-hybridized carbons (Fsp3) is 0.438. The maximum atomic E-state index is 11.9. The van der Waals surface area contributed by atoms with Gasteiger partial charge in [-0.3, -0.25) is 15.1 Å². The van der Waals surface area contributed by atoms with Crippen molar-refractivity contribution < 1.29 is 9.59 Å². The first-order chi connectivity index (χ1) is 12.2. The number of carbonyl (C=O) groups is 2. The van der Waals surface area contributed by atoms with Crippen molar-refractivity contribution in [2.45, 2.75) is 38.4 Å². The molecule has 25 heavy (non-hydrogen) atoms. The molecule has 2 aromatic rings. The largest absolute Gasteiger partial charge is 0.338 e. The van der Waals surface area contributed by atoms with Crippen LogP contribution in [-0.4, -0.2) is 44.0 Å². The van der Waals surface area contributed by atoms with Crippen LogP contribution in [0.25, 0.3) is 11.4 Å². The first-order valence-electron chi connectivity index (χ1n) is 8.19. The second-order valence-corrected chi connectivity index (χ2v) is 6.23. The molecule has 0 aliphatic rings. The van der Waals surface area contributed by atoms with E-state index in [2.05, 4.69) is 32.7 Å². The van der Waals surface area contributed by atoms with Crippen LogP contribution in [0.15, 0.2) is 29.7 Å². The molecule has 0 aliphatic carbocycles. The summed E-state index contributed by atoms with van der Waals surface area (Å²) in [6.45, 7) is 5.28. The molecule has 0 fully saturated rings. The minimum atomic E-state index is -0.472. The highest BCUT2D eigenvalue weighted by Gasteiger charge is 2.15. The van der Waals surface area contributed by atoms with Gasteiger partial charge in [0.15, 0.2) is 11.0 Å². The van der Waals surface area contributed by atoms with Crippen molar-refractivity contribution in [3.05, 3.63) is 24.5 Å². The summed E-state index contributed by atoms with van der Waals surface area (Å²) in [5, 5.41) is 14.0. The number of carbonyl (C=O) groups excluding carboxylic acids is 2. The molecule has 0 saturated heterocycles. The predicted molar refractivity (Wildman–Crippen MR) is 96.1 cm³/mol. The van der Waals surface area contributed by atoms with Crippen molar-refractivity contribution >= 4 is 23.7 Å². The summed E-state index contributed by atoms with van der Waals surface area (Å²) in [6.07, 6.45) is 5.13. The molecule has 0 radical (unpaired) electrons. The van der Waals surface area contributed by atoms with Gasteiger partial charge >= 0.3 is 6.03 Å². The molecular weight excluding hydrogens is 340 g/mol. The molecule has 0 bridgehead atoms. The lowest BCUT2D eigenvalue weighted by Crippen LogP contribution is -2.40. The number of hydrogen-bond acceptors (Lipinski definition) is 6. The third-order valence-electron chi connectivity index (χ3n) is 3.22. The van der Waals surface area contributed by atoms with Gasteiger partial charge in [0.25, 0.3) is 0 Å². The topological polar surface area (TPSA) is 102 Å². The van der Waals surface area contributed by atoms with Gasteiger partial charge in [-0.25, -0.2) is 4.79 Å². The van der Waals surface area contributed by atoms with E-state index in [1.54, 1.807) is 12.4 Å². The molecule has 0 saturated carbocycles. The van der Waals surface area contributed by atoms with Gasteiger partial charge in [0.1, 0.15) is 0 Å². The zero-order valence-electron chi connectivity index (χ0n) is 14.4. The Kier molecular flexibility index (Phi) is 7.39. The number of pyridine rings is 1. The van der Waals surface area contributed by atoms with Gasteiger partial charge in [-0.1, -0.05) is 25.6 Å². The lowest BCUT2D eigenvalue weighted by molar-refractivity contribution is -0.117. The average Bonchev–Trinajstić information content (AvgIpc) is 3.02. The molecule has 2 N–H and O–H groups in total. The summed E-state index contributed by atoms with van der Waals surface area (Å²) >= 11 is 1.26. The van der Waals surface area contributed by atoms with Crippen molar-refractivity contribution in [3.8, 4) is 11.4 Å². The Morgan fingerprint density at radius 1 is 1.16 bits per heavy atom. The van der Waals surface area contributed by atoms with E-state index in [0.29, 0.717) is 11.7 Å². The summed E-state index contributed by atoms with van der Waals surface area (Å²) in [5.41, 5.74) is 0.922. The zero-order chi connectivity index (χ0) is 18.1. The third-order valence-corrected chi connectivity index (χ3v) is 4.19. The molecule has 0 spiro atoms. The Morgan fingerprint density at radius 2 is 1.92 bits per heavy atom. The molecule has 2 aromatic heterocycles. The summed E-state index contributed by atoms with van der Waals surface area (Å²) < 4.78 is 1.98. The van der Waals surface area contributed by atoms with Gasteiger partial charge < -0.3 is 9.88 Å². The van der Waals surface area contributed by atoms with Gasteiger partial charge in [-0.15, -0.1) is 10.2 Å². The van der Waals surface area contributed by atoms with Gasteiger partial charge in [0.2, 0.25) is 5.91 Å². The highest BCUT2D eigenvalue weighted by Crippen LogP contribution is 2.23. The summed E-state index contributed by atoms with van der Waals surface area (Å²) in [6, 6.07) is 3.27. The van der Waals surface area contributed by atoms with Crippen LogP contribution in [-0.2, 0) is 11.3 Å². The van der Waals surface area contributed by atoms with E-state index in [-0.39, 0.29) is 11.7 Å². The van der Waals surface area contributed by atoms with Gasteiger partial charge in [-0.2, -0.15) is 0 Å². The molecule has 8 nitrogen and oxygen atoms in total. The van der Waals surface area contributed by atoms with Crippen LogP contribution in [0.2, 0.25) is 0 Å². The highest BCUT2D eigenvalue weighted by atomic mass is 32.2. The molecule has 134 valence electrons. The van der Waals surface area contributed by atoms with E-state index in [0.717, 1.165) is 30.8 Å². The Labute approximate surface area is 150 Å². The fourth-order valence-corrected chi connectivity index (χ4v) is 2.88. The number of thioether (sulfide) groups is 1. The van der Waals surface area contributed by atoms with E-state index in [1.807, 2.05) is 23.6 Å². The van der Waals surface area contributed by atoms with E-state index < -0.39 is 6.03 Å². The molecule has 0 aliphatic heterocycles. The van der Waals surface area contributed by atoms with Crippen molar-refractivity contribution in [1.82, 2.24) is 30.4 Å². The van der Waals surface area contributed by atoms with Gasteiger partial charge in [-0.05, 0) is 25.0 Å². The van der Waals surface area contributed by atoms with E-state index >= 15 is 0 Å². The minimum absolute atomic E-state index is 0.0950. The quantitative estimate of drug-likeness (QED) is 0.697. The average molecular weight is 362 g/mol. The second kappa shape index (κ2) is 9.77. The Morgan fingerprint density at radius 3 is 2.60 bits per heavy atom. The number of hydrogen-bond donors (Lipinski definition) is 2. The van der Waals surface area contributed by atoms with Crippen molar-refractivity contribution in [2.24, 2.45) is 0 Å². The number of imide groups is 1. The van der Waals surface area contributed by atoms with Crippen LogP contribution in [0, 0.1) is 0 Å². The standard InChI is InChI=1S/C16H22N6O2S/c1-3-7-18-15(24)19-13(23)11-25-16-21-20-14(22(16)10-4-2)12-5-8-17-9-6-12/h5-6,8-9H,3-4,7,10-11H2,1-2H3,(H2,18,19,23,24). The second-order valence-electron chi connectivity index (χ2n) is 5.29. The number of nitrogens with one attached hydrogen (secondary N) is 2. The van der Waals surface area contributed by atoms with E-state index in [4.69, 9.17) is 0 Å². The van der Waals surface area contributed by atoms with Crippen LogP contribution >= 0.6 is 11.8 Å². The molecular formula is C16H22N6O2S. The number of nitrogens with zero attached hydrogens (tertiary/aromatic N) is 4. The maximum absolute atomic E-state index is 11.9. The van der Waals surface area contributed by atoms with E-state index in [1.165, 1.54) is 11.8 Å². The summed E-state index contributed by atoms with van der Waals surface area (Å²) in [5.74, 6) is 0.473. The molecule has 2 heterocycles. The SMILES string of the molecule is CCCNC(=O)NC(=O)CSc1nnc(-c2ccncc2)n1CCC. The Balaban J connectivity index is 2.01. The number of amides is 3. The normalized spacial score (nSPS) is 10.5. The molecule has 9 heteroatoms. The van der Waals surface area contributed by atoms with E-state index in [9.17, 15) is 9.59 Å². The van der Waals surface area contributed by atoms with Gasteiger partial charge in [0, 0.05) is 31.0 Å². The number of rotatable bonds is 8. The molecule has 0 unspecified atom stereocenters. The Hall–Kier alpha value is -2.42. The molecule has 3 amide bonds. The number of aromatic nitrogens is 4. The smallest absolute Gasteiger partial charge is 0.321 e. The van der Waals surface area contributed by atoms with Crippen molar-refractivity contribution in [1.29, 1.82) is 0 Å². The number of urea groups is 1. The lowest BCUT2D eigenvalue weighted by atomic mass is 10.2. The van der Waals surface area contributed by atoms with Crippen LogP contribution < -0.4 is 10.6 Å². The van der Waals surface area contributed by atoms with Crippen molar-refractivity contribution in [2.75, 3.05) is 12.3 Å². The van der Waals surface area contributed by atoms with Crippen LogP contribution in [0.3, 0.4) is 0 Å². The first-order valence-corrected chi connectivity index (χ1v) is 9.18. The van der Waals surface area contributed by atoms with Crippen LogP contribution in [0.5, 0.6) is 0 Å². The third kappa shape index (κ3) is 5.56. The maximum Gasteiger partial charge on any atom is 0.321 e. The first kappa shape index (κ1) is 18.9. The lowest BCUT2D eigenvalue weighted by Gasteiger charge is -2.09. The molecule has 0 atom stereocenters. The minimum Gasteiger partial charge on any atom is -0.338 e. The highest BCUT2D eigenvalue weighted by molar-refractivity contribution is 7.99. The van der Waals surface area contributed by atoms with Crippen molar-refractivity contribution in [3.63, 3.8) is 0 Å². The zero-order valence-corrected chi connectivity index (χ0v) is 15.2. The fourth-order valence-electron chi connectivity index (χ4n) is 2.11. The van der Waals surface area contributed by atoms with Crippen LogP contribution in [0.4, 0.5) is 4.79 Å². The monoisotopic (exact) mass is 362 g/mol. The Bertz CT molecular complexity index is 704. The van der Waals surface area contributed by atoms with Crippen LogP contribution in [0.1, 0.15) is 26.7 Å². The molecule has 0 aromatic carbocycles. The summed E-state index contributed by atoms with van der Waals surface area (Å²) in [7, 11) is 0. The molecule has 2 rings (SSSR count).